The van der Waals surface area contributed by atoms with E-state index in [0.29, 0.717) is 16.2 Å². The van der Waals surface area contributed by atoms with Crippen LogP contribution in [0.2, 0.25) is 0 Å². The Morgan fingerprint density at radius 2 is 2.13 bits per heavy atom. The monoisotopic (exact) mass is 237 g/mol. The van der Waals surface area contributed by atoms with Crippen molar-refractivity contribution < 1.29 is 18.0 Å². The molecule has 0 saturated heterocycles. The lowest BCUT2D eigenvalue weighted by atomic mass is 10.4. The topological polar surface area (TPSA) is 20.3 Å². The summed E-state index contributed by atoms with van der Waals surface area (Å²) in [6.45, 7) is -0.0949. The summed E-state index contributed by atoms with van der Waals surface area (Å²) < 4.78 is 35.8. The second kappa shape index (κ2) is 4.65. The van der Waals surface area contributed by atoms with Crippen LogP contribution in [-0.2, 0) is 0 Å². The molecule has 1 heterocycles. The van der Waals surface area contributed by atoms with Gasteiger partial charge in [0.25, 0.3) is 0 Å². The first-order valence-electron chi connectivity index (χ1n) is 4.25. The molecule has 0 N–H and O–H groups in total. The quantitative estimate of drug-likeness (QED) is 0.750. The second-order valence-electron chi connectivity index (χ2n) is 3.08. The van der Waals surface area contributed by atoms with Crippen molar-refractivity contribution >= 4 is 22.6 Å². The summed E-state index contributed by atoms with van der Waals surface area (Å²) >= 11 is 1.18. The van der Waals surface area contributed by atoms with E-state index in [-0.39, 0.29) is 6.54 Å². The van der Waals surface area contributed by atoms with Gasteiger partial charge < -0.3 is 4.90 Å². The maximum absolute atomic E-state index is 11.9. The van der Waals surface area contributed by atoms with Gasteiger partial charge in [0, 0.05) is 13.6 Å². The molecule has 0 amide bonds. The summed E-state index contributed by atoms with van der Waals surface area (Å²) in [7, 11) is 1.58. The predicted molar refractivity (Wildman–Crippen MR) is 53.6 cm³/mol. The van der Waals surface area contributed by atoms with Gasteiger partial charge in [-0.15, -0.1) is 11.3 Å². The highest BCUT2D eigenvalue weighted by molar-refractivity contribution is 7.17. The molecule has 0 saturated carbocycles. The molecule has 0 atom stereocenters. The molecule has 0 aliphatic carbocycles. The summed E-state index contributed by atoms with van der Waals surface area (Å²) in [5.74, 6) is 0. The zero-order chi connectivity index (χ0) is 11.5. The Morgan fingerprint density at radius 3 is 2.60 bits per heavy atom. The summed E-state index contributed by atoms with van der Waals surface area (Å²) in [4.78, 5) is 12.4. The average molecular weight is 237 g/mol. The van der Waals surface area contributed by atoms with E-state index in [1.54, 1.807) is 19.2 Å². The van der Waals surface area contributed by atoms with Gasteiger partial charge in [-0.1, -0.05) is 0 Å². The number of hydrogen-bond acceptors (Lipinski definition) is 3. The van der Waals surface area contributed by atoms with Crippen molar-refractivity contribution in [2.45, 2.75) is 12.6 Å². The molecule has 0 aromatic carbocycles. The summed E-state index contributed by atoms with van der Waals surface area (Å²) in [6, 6.07) is 3.24. The van der Waals surface area contributed by atoms with Gasteiger partial charge >= 0.3 is 6.18 Å². The molecule has 15 heavy (non-hydrogen) atoms. The van der Waals surface area contributed by atoms with Gasteiger partial charge in [0.05, 0.1) is 16.3 Å². The van der Waals surface area contributed by atoms with Crippen LogP contribution in [0.5, 0.6) is 0 Å². The molecule has 1 rings (SSSR count). The molecule has 0 unspecified atom stereocenters. The molecule has 6 heteroatoms. The lowest BCUT2D eigenvalue weighted by Crippen LogP contribution is -2.23. The van der Waals surface area contributed by atoms with Gasteiger partial charge in [-0.25, -0.2) is 0 Å². The number of nitrogens with zero attached hydrogens (tertiary/aromatic N) is 1. The molecule has 0 bridgehead atoms. The van der Waals surface area contributed by atoms with E-state index in [9.17, 15) is 18.0 Å². The third-order valence-electron chi connectivity index (χ3n) is 1.84. The molecule has 0 aliphatic rings. The van der Waals surface area contributed by atoms with Crippen molar-refractivity contribution in [3.8, 4) is 0 Å². The van der Waals surface area contributed by atoms with Crippen LogP contribution < -0.4 is 4.90 Å². The largest absolute Gasteiger partial charge is 0.390 e. The molecule has 0 radical (unpaired) electrons. The maximum Gasteiger partial charge on any atom is 0.390 e. The Morgan fingerprint density at radius 1 is 1.47 bits per heavy atom. The highest BCUT2D eigenvalue weighted by Gasteiger charge is 2.27. The number of carbonyl (C=O) groups is 1. The van der Waals surface area contributed by atoms with Gasteiger partial charge in [-0.3, -0.25) is 4.79 Å². The number of alkyl halides is 3. The van der Waals surface area contributed by atoms with E-state index in [1.165, 1.54) is 16.2 Å². The fourth-order valence-electron chi connectivity index (χ4n) is 1.02. The van der Waals surface area contributed by atoms with Crippen LogP contribution in [0.3, 0.4) is 0 Å². The molecule has 1 aromatic heterocycles. The number of thiophene rings is 1. The summed E-state index contributed by atoms with van der Waals surface area (Å²) in [5, 5.41) is 0.668. The van der Waals surface area contributed by atoms with E-state index in [1.807, 2.05) is 0 Å². The van der Waals surface area contributed by atoms with Crippen LogP contribution in [0, 0.1) is 0 Å². The Balaban J connectivity index is 2.53. The normalized spacial score (nSPS) is 11.5. The van der Waals surface area contributed by atoms with Crippen LogP contribution in [0.1, 0.15) is 16.1 Å². The minimum absolute atomic E-state index is 0.0949. The van der Waals surface area contributed by atoms with Crippen molar-refractivity contribution in [3.63, 3.8) is 0 Å². The van der Waals surface area contributed by atoms with E-state index in [0.717, 1.165) is 0 Å². The molecule has 0 spiro atoms. The molecular weight excluding hydrogens is 227 g/mol. The molecule has 2 nitrogen and oxygen atoms in total. The number of halogens is 3. The number of hydrogen-bond donors (Lipinski definition) is 0. The highest BCUT2D eigenvalue weighted by Crippen LogP contribution is 2.26. The number of rotatable bonds is 4. The zero-order valence-corrected chi connectivity index (χ0v) is 8.86. The number of carbonyl (C=O) groups excluding carboxylic acids is 1. The Bertz CT molecular complexity index is 334. The first kappa shape index (κ1) is 12.0. The standard InChI is InChI=1S/C9H10F3NOS/c1-13(5-4-9(10,11)12)8-3-2-7(6-14)15-8/h2-3,6H,4-5H2,1H3. The van der Waals surface area contributed by atoms with Crippen LogP contribution in [-0.4, -0.2) is 26.1 Å². The van der Waals surface area contributed by atoms with Crippen molar-refractivity contribution in [1.82, 2.24) is 0 Å². The summed E-state index contributed by atoms with van der Waals surface area (Å²) in [5.41, 5.74) is 0. The smallest absolute Gasteiger partial charge is 0.366 e. The van der Waals surface area contributed by atoms with Crippen LogP contribution >= 0.6 is 11.3 Å². The van der Waals surface area contributed by atoms with Gasteiger partial charge in [0.1, 0.15) is 0 Å². The number of anilines is 1. The van der Waals surface area contributed by atoms with E-state index >= 15 is 0 Å². The highest BCUT2D eigenvalue weighted by atomic mass is 32.1. The molecule has 0 aliphatic heterocycles. The predicted octanol–water partition coefficient (Wildman–Crippen LogP) is 2.95. The van der Waals surface area contributed by atoms with Crippen LogP contribution in [0.15, 0.2) is 12.1 Å². The van der Waals surface area contributed by atoms with Gasteiger partial charge in [-0.2, -0.15) is 13.2 Å². The SMILES string of the molecule is CN(CCC(F)(F)F)c1ccc(C=O)s1. The van der Waals surface area contributed by atoms with Crippen molar-refractivity contribution in [3.05, 3.63) is 17.0 Å². The van der Waals surface area contributed by atoms with Crippen LogP contribution in [0.25, 0.3) is 0 Å². The van der Waals surface area contributed by atoms with E-state index < -0.39 is 12.6 Å². The lowest BCUT2D eigenvalue weighted by Gasteiger charge is -2.17. The first-order valence-corrected chi connectivity index (χ1v) is 5.07. The fourth-order valence-corrected chi connectivity index (χ4v) is 1.82. The maximum atomic E-state index is 11.9. The van der Waals surface area contributed by atoms with E-state index in [2.05, 4.69) is 0 Å². The Labute approximate surface area is 89.3 Å². The van der Waals surface area contributed by atoms with Gasteiger partial charge in [0.2, 0.25) is 0 Å². The number of aldehydes is 1. The second-order valence-corrected chi connectivity index (χ2v) is 4.17. The molecule has 0 fully saturated rings. The molecular formula is C9H10F3NOS. The summed E-state index contributed by atoms with van der Waals surface area (Å²) in [6.07, 6.45) is -4.30. The minimum atomic E-state index is -4.14. The molecule has 84 valence electrons. The van der Waals surface area contributed by atoms with Crippen LogP contribution in [0.4, 0.5) is 18.2 Å². The Kier molecular flexibility index (Phi) is 3.73. The Hall–Kier alpha value is -1.04. The van der Waals surface area contributed by atoms with Crippen molar-refractivity contribution in [2.24, 2.45) is 0 Å². The third-order valence-corrected chi connectivity index (χ3v) is 2.96. The zero-order valence-electron chi connectivity index (χ0n) is 8.04. The first-order chi connectivity index (χ1) is 6.92. The lowest BCUT2D eigenvalue weighted by molar-refractivity contribution is -0.132. The van der Waals surface area contributed by atoms with E-state index in [4.69, 9.17) is 0 Å². The van der Waals surface area contributed by atoms with Crippen molar-refractivity contribution in [2.75, 3.05) is 18.5 Å². The molecule has 1 aromatic rings. The van der Waals surface area contributed by atoms with Gasteiger partial charge in [-0.05, 0) is 12.1 Å². The third kappa shape index (κ3) is 3.91. The average Bonchev–Trinajstić information content (AvgIpc) is 2.61. The van der Waals surface area contributed by atoms with Gasteiger partial charge in [0.15, 0.2) is 6.29 Å². The fraction of sp³-hybridized carbons (Fsp3) is 0.444. The van der Waals surface area contributed by atoms with Crippen molar-refractivity contribution in [1.29, 1.82) is 0 Å². The minimum Gasteiger partial charge on any atom is -0.366 e.